The Bertz CT molecular complexity index is 686. The third-order valence-electron chi connectivity index (χ3n) is 3.02. The van der Waals surface area contributed by atoms with Crippen LogP contribution in [-0.4, -0.2) is 8.42 Å². The zero-order valence-electron chi connectivity index (χ0n) is 11.2. The standard InChI is InChI=1S/C14H17NO3S/c1-10-4-7-14(8-11(10)2)19(16,17)15-9-13-6-5-12(3)18-13/h4-8,15H,9H2,1-3H3. The van der Waals surface area contributed by atoms with E-state index in [-0.39, 0.29) is 11.4 Å². The van der Waals surface area contributed by atoms with E-state index in [0.29, 0.717) is 5.76 Å². The van der Waals surface area contributed by atoms with Gasteiger partial charge < -0.3 is 4.42 Å². The lowest BCUT2D eigenvalue weighted by Gasteiger charge is -2.07. The summed E-state index contributed by atoms with van der Waals surface area (Å²) in [6.07, 6.45) is 0. The lowest BCUT2D eigenvalue weighted by molar-refractivity contribution is 0.475. The normalized spacial score (nSPS) is 11.7. The Morgan fingerprint density at radius 2 is 1.79 bits per heavy atom. The van der Waals surface area contributed by atoms with Crippen molar-refractivity contribution < 1.29 is 12.8 Å². The first kappa shape index (κ1) is 13.8. The predicted octanol–water partition coefficient (Wildman–Crippen LogP) is 2.68. The van der Waals surface area contributed by atoms with E-state index in [4.69, 9.17) is 4.42 Å². The number of nitrogens with one attached hydrogen (secondary N) is 1. The fourth-order valence-electron chi connectivity index (χ4n) is 1.71. The van der Waals surface area contributed by atoms with Gasteiger partial charge in [-0.15, -0.1) is 0 Å². The van der Waals surface area contributed by atoms with Crippen molar-refractivity contribution in [3.05, 3.63) is 53.0 Å². The van der Waals surface area contributed by atoms with Gasteiger partial charge in [-0.25, -0.2) is 13.1 Å². The summed E-state index contributed by atoms with van der Waals surface area (Å²) in [6.45, 7) is 5.82. The van der Waals surface area contributed by atoms with Crippen LogP contribution in [0.3, 0.4) is 0 Å². The summed E-state index contributed by atoms with van der Waals surface area (Å²) in [5, 5.41) is 0. The summed E-state index contributed by atoms with van der Waals surface area (Å²) in [5.41, 5.74) is 2.03. The molecule has 0 saturated heterocycles. The van der Waals surface area contributed by atoms with Gasteiger partial charge in [0, 0.05) is 0 Å². The molecule has 0 bridgehead atoms. The molecule has 0 unspecified atom stereocenters. The zero-order chi connectivity index (χ0) is 14.0. The smallest absolute Gasteiger partial charge is 0.240 e. The van der Waals surface area contributed by atoms with Crippen molar-refractivity contribution in [2.45, 2.75) is 32.2 Å². The highest BCUT2D eigenvalue weighted by Crippen LogP contribution is 2.15. The number of hydrogen-bond donors (Lipinski definition) is 1. The maximum absolute atomic E-state index is 12.1. The molecule has 2 rings (SSSR count). The van der Waals surface area contributed by atoms with Crippen LogP contribution in [0.15, 0.2) is 39.6 Å². The van der Waals surface area contributed by atoms with Crippen molar-refractivity contribution >= 4 is 10.0 Å². The summed E-state index contributed by atoms with van der Waals surface area (Å²) in [7, 11) is -3.50. The minimum Gasteiger partial charge on any atom is -0.465 e. The van der Waals surface area contributed by atoms with Crippen LogP contribution in [0.1, 0.15) is 22.6 Å². The third kappa shape index (κ3) is 3.24. The molecule has 0 fully saturated rings. The molecule has 19 heavy (non-hydrogen) atoms. The molecule has 1 aromatic heterocycles. The first-order valence-electron chi connectivity index (χ1n) is 6.01. The average molecular weight is 279 g/mol. The van der Waals surface area contributed by atoms with Crippen LogP contribution in [0.4, 0.5) is 0 Å². The third-order valence-corrected chi connectivity index (χ3v) is 4.42. The molecule has 102 valence electrons. The minimum atomic E-state index is -3.50. The Balaban J connectivity index is 2.16. The molecule has 0 atom stereocenters. The first-order valence-corrected chi connectivity index (χ1v) is 7.49. The number of sulfonamides is 1. The summed E-state index contributed by atoms with van der Waals surface area (Å²) < 4.78 is 32.1. The van der Waals surface area contributed by atoms with Crippen molar-refractivity contribution in [2.75, 3.05) is 0 Å². The Hall–Kier alpha value is -1.59. The molecule has 0 aliphatic carbocycles. The molecule has 0 amide bonds. The van der Waals surface area contributed by atoms with E-state index in [1.165, 1.54) is 0 Å². The van der Waals surface area contributed by atoms with E-state index in [1.807, 2.05) is 20.8 Å². The van der Waals surface area contributed by atoms with Crippen molar-refractivity contribution in [1.82, 2.24) is 4.72 Å². The van der Waals surface area contributed by atoms with Crippen molar-refractivity contribution in [3.63, 3.8) is 0 Å². The van der Waals surface area contributed by atoms with Crippen molar-refractivity contribution in [1.29, 1.82) is 0 Å². The molecule has 5 heteroatoms. The zero-order valence-corrected chi connectivity index (χ0v) is 12.0. The SMILES string of the molecule is Cc1ccc(CNS(=O)(=O)c2ccc(C)c(C)c2)o1. The van der Waals surface area contributed by atoms with Crippen molar-refractivity contribution in [2.24, 2.45) is 0 Å². The maximum atomic E-state index is 12.1. The summed E-state index contributed by atoms with van der Waals surface area (Å²) >= 11 is 0. The Kier molecular flexibility index (Phi) is 3.78. The maximum Gasteiger partial charge on any atom is 0.240 e. The molecule has 4 nitrogen and oxygen atoms in total. The van der Waals surface area contributed by atoms with Crippen LogP contribution in [0.2, 0.25) is 0 Å². The van der Waals surface area contributed by atoms with Gasteiger partial charge in [0.25, 0.3) is 0 Å². The molecule has 1 heterocycles. The van der Waals surface area contributed by atoms with Gasteiger partial charge in [-0.2, -0.15) is 0 Å². The highest BCUT2D eigenvalue weighted by molar-refractivity contribution is 7.89. The molecular weight excluding hydrogens is 262 g/mol. The Morgan fingerprint density at radius 1 is 1.05 bits per heavy atom. The molecule has 0 saturated carbocycles. The van der Waals surface area contributed by atoms with E-state index in [2.05, 4.69) is 4.72 Å². The monoisotopic (exact) mass is 279 g/mol. The highest BCUT2D eigenvalue weighted by atomic mass is 32.2. The minimum absolute atomic E-state index is 0.156. The van der Waals surface area contributed by atoms with Gasteiger partial charge in [-0.3, -0.25) is 0 Å². The van der Waals surface area contributed by atoms with Gasteiger partial charge in [-0.1, -0.05) is 6.07 Å². The lowest BCUT2D eigenvalue weighted by atomic mass is 10.1. The molecule has 2 aromatic rings. The van der Waals surface area contributed by atoms with Gasteiger partial charge in [0.05, 0.1) is 11.4 Å². The van der Waals surface area contributed by atoms with E-state index in [9.17, 15) is 8.42 Å². The van der Waals surface area contributed by atoms with E-state index < -0.39 is 10.0 Å². The Morgan fingerprint density at radius 3 is 2.37 bits per heavy atom. The number of furan rings is 1. The molecule has 0 spiro atoms. The van der Waals surface area contributed by atoms with Crippen LogP contribution >= 0.6 is 0 Å². The number of aryl methyl sites for hydroxylation is 3. The van der Waals surface area contributed by atoms with Crippen LogP contribution in [0.5, 0.6) is 0 Å². The molecule has 0 aliphatic heterocycles. The van der Waals surface area contributed by atoms with Crippen LogP contribution in [0, 0.1) is 20.8 Å². The summed E-state index contributed by atoms with van der Waals surface area (Å²) in [5.74, 6) is 1.37. The van der Waals surface area contributed by atoms with Crippen LogP contribution in [0.25, 0.3) is 0 Å². The lowest BCUT2D eigenvalue weighted by Crippen LogP contribution is -2.23. The highest BCUT2D eigenvalue weighted by Gasteiger charge is 2.15. The second-order valence-electron chi connectivity index (χ2n) is 4.58. The fourth-order valence-corrected chi connectivity index (χ4v) is 2.79. The van der Waals surface area contributed by atoms with E-state index in [1.54, 1.807) is 30.3 Å². The van der Waals surface area contributed by atoms with E-state index >= 15 is 0 Å². The molecule has 0 radical (unpaired) electrons. The van der Waals surface area contributed by atoms with Crippen LogP contribution < -0.4 is 4.72 Å². The molecule has 1 N–H and O–H groups in total. The molecular formula is C14H17NO3S. The number of rotatable bonds is 4. The number of benzene rings is 1. The van der Waals surface area contributed by atoms with Gasteiger partial charge in [0.1, 0.15) is 11.5 Å². The van der Waals surface area contributed by atoms with Gasteiger partial charge in [0.15, 0.2) is 0 Å². The second kappa shape index (κ2) is 5.19. The van der Waals surface area contributed by atoms with Gasteiger partial charge in [-0.05, 0) is 56.2 Å². The summed E-state index contributed by atoms with van der Waals surface area (Å²) in [6, 6.07) is 8.65. The quantitative estimate of drug-likeness (QED) is 0.936. The van der Waals surface area contributed by atoms with Gasteiger partial charge in [0.2, 0.25) is 10.0 Å². The summed E-state index contributed by atoms with van der Waals surface area (Å²) in [4.78, 5) is 0.277. The Labute approximate surface area is 113 Å². The largest absolute Gasteiger partial charge is 0.465 e. The molecule has 1 aromatic carbocycles. The van der Waals surface area contributed by atoms with Gasteiger partial charge >= 0.3 is 0 Å². The predicted molar refractivity (Wildman–Crippen MR) is 73.4 cm³/mol. The second-order valence-corrected chi connectivity index (χ2v) is 6.35. The van der Waals surface area contributed by atoms with Crippen molar-refractivity contribution in [3.8, 4) is 0 Å². The fraction of sp³-hybridized carbons (Fsp3) is 0.286. The first-order chi connectivity index (χ1) is 8.88. The average Bonchev–Trinajstić information content (AvgIpc) is 2.76. The number of hydrogen-bond acceptors (Lipinski definition) is 3. The van der Waals surface area contributed by atoms with E-state index in [0.717, 1.165) is 16.9 Å². The van der Waals surface area contributed by atoms with Crippen LogP contribution in [-0.2, 0) is 16.6 Å². The molecule has 0 aliphatic rings. The topological polar surface area (TPSA) is 59.3 Å².